The molecule has 258 valence electrons. The summed E-state index contributed by atoms with van der Waals surface area (Å²) in [6.45, 7) is 0. The number of hydrogen-bond acceptors (Lipinski definition) is 3. The van der Waals surface area contributed by atoms with Crippen LogP contribution in [-0.4, -0.2) is 19.5 Å². The van der Waals surface area contributed by atoms with Crippen LogP contribution in [0, 0.1) is 0 Å². The highest BCUT2D eigenvalue weighted by Crippen LogP contribution is 2.36. The summed E-state index contributed by atoms with van der Waals surface area (Å²) in [6.07, 6.45) is 0. The van der Waals surface area contributed by atoms with Crippen molar-refractivity contribution in [2.45, 2.75) is 0 Å². The van der Waals surface area contributed by atoms with E-state index < -0.39 is 0 Å². The first-order chi connectivity index (χ1) is 28.9. The summed E-state index contributed by atoms with van der Waals surface area (Å²) in [4.78, 5) is 14.7. The summed E-state index contributed by atoms with van der Waals surface area (Å²) in [5, 5.41) is 1.25. The van der Waals surface area contributed by atoms with Gasteiger partial charge in [0.25, 0.3) is 0 Å². The van der Waals surface area contributed by atoms with Gasteiger partial charge in [-0.1, -0.05) is 170 Å². The lowest BCUT2D eigenvalue weighted by Gasteiger charge is -2.12. The van der Waals surface area contributed by atoms with Crippen molar-refractivity contribution in [3.8, 4) is 73.2 Å². The van der Waals surface area contributed by atoms with Gasteiger partial charge in [0.05, 0.1) is 16.5 Å². The lowest BCUT2D eigenvalue weighted by molar-refractivity contribution is 1.07. The Morgan fingerprint density at radius 1 is 0.327 bits per heavy atom. The van der Waals surface area contributed by atoms with Gasteiger partial charge in [0.2, 0.25) is 0 Å². The van der Waals surface area contributed by atoms with E-state index in [0.29, 0.717) is 28.4 Å². The van der Waals surface area contributed by atoms with Crippen molar-refractivity contribution < 1.29 is 5.48 Å². The predicted molar refractivity (Wildman–Crippen MR) is 227 cm³/mol. The van der Waals surface area contributed by atoms with Crippen LogP contribution in [0.5, 0.6) is 0 Å². The normalized spacial score (nSPS) is 12.3. The SMILES string of the molecule is [2H]c1c([2H])c([2H])c2c(c1[2H])c1ccc(-c3cccc(-c4ccccc4)c3)cc1n2-c1ccc(-c2cccc(-c3nc(-c4ccccc4)nc(-c4ccccc4)n3)c2)cc1. The lowest BCUT2D eigenvalue weighted by Crippen LogP contribution is -2.00. The highest BCUT2D eigenvalue weighted by molar-refractivity contribution is 6.10. The van der Waals surface area contributed by atoms with Crippen LogP contribution in [0.3, 0.4) is 0 Å². The minimum Gasteiger partial charge on any atom is -0.309 e. The van der Waals surface area contributed by atoms with E-state index in [0.717, 1.165) is 66.7 Å². The molecular weight excluding hydrogens is 669 g/mol. The number of fused-ring (bicyclic) bond motifs is 3. The van der Waals surface area contributed by atoms with Gasteiger partial charge in [-0.2, -0.15) is 0 Å². The van der Waals surface area contributed by atoms with Gasteiger partial charge in [-0.05, 0) is 69.8 Å². The fraction of sp³-hybridized carbons (Fsp3) is 0. The molecule has 0 saturated carbocycles. The first-order valence-corrected chi connectivity index (χ1v) is 18.2. The molecular formula is C51H34N4. The molecule has 0 N–H and O–H groups in total. The smallest absolute Gasteiger partial charge is 0.164 e. The molecule has 2 aromatic heterocycles. The second kappa shape index (κ2) is 13.8. The number of aromatic nitrogens is 4. The number of hydrogen-bond donors (Lipinski definition) is 0. The molecule has 4 heteroatoms. The van der Waals surface area contributed by atoms with Crippen molar-refractivity contribution in [3.05, 3.63) is 206 Å². The third-order valence-corrected chi connectivity index (χ3v) is 9.98. The van der Waals surface area contributed by atoms with Crippen molar-refractivity contribution in [2.24, 2.45) is 0 Å². The number of rotatable bonds is 7. The lowest BCUT2D eigenvalue weighted by atomic mass is 9.98. The fourth-order valence-electron chi connectivity index (χ4n) is 7.25. The molecule has 2 heterocycles. The molecule has 10 rings (SSSR count). The molecule has 10 aromatic rings. The van der Waals surface area contributed by atoms with Gasteiger partial charge in [-0.3, -0.25) is 0 Å². The van der Waals surface area contributed by atoms with Crippen LogP contribution in [0.25, 0.3) is 95.0 Å². The van der Waals surface area contributed by atoms with Crippen LogP contribution in [-0.2, 0) is 0 Å². The highest BCUT2D eigenvalue weighted by atomic mass is 15.0. The predicted octanol–water partition coefficient (Wildman–Crippen LogP) is 13.0. The van der Waals surface area contributed by atoms with E-state index in [-0.39, 0.29) is 24.2 Å². The molecule has 0 aliphatic heterocycles. The van der Waals surface area contributed by atoms with Crippen LogP contribution in [0.1, 0.15) is 5.48 Å². The first kappa shape index (κ1) is 28.1. The van der Waals surface area contributed by atoms with E-state index in [2.05, 4.69) is 54.6 Å². The average Bonchev–Trinajstić information content (AvgIpc) is 3.66. The Morgan fingerprint density at radius 3 is 1.38 bits per heavy atom. The Bertz CT molecular complexity index is 3130. The maximum Gasteiger partial charge on any atom is 0.164 e. The van der Waals surface area contributed by atoms with E-state index in [1.807, 2.05) is 132 Å². The molecule has 0 aliphatic rings. The van der Waals surface area contributed by atoms with Crippen LogP contribution < -0.4 is 0 Å². The Hall–Kier alpha value is -7.43. The summed E-state index contributed by atoms with van der Waals surface area (Å²) in [5.41, 5.74) is 10.9. The monoisotopic (exact) mass is 706 g/mol. The molecule has 8 aromatic carbocycles. The van der Waals surface area contributed by atoms with Gasteiger partial charge in [0, 0.05) is 33.2 Å². The van der Waals surface area contributed by atoms with Gasteiger partial charge >= 0.3 is 0 Å². The van der Waals surface area contributed by atoms with Gasteiger partial charge in [0.15, 0.2) is 17.5 Å². The zero-order valence-corrected chi connectivity index (χ0v) is 29.6. The van der Waals surface area contributed by atoms with Gasteiger partial charge in [-0.25, -0.2) is 15.0 Å². The van der Waals surface area contributed by atoms with Crippen LogP contribution in [0.15, 0.2) is 206 Å². The first-order valence-electron chi connectivity index (χ1n) is 20.2. The van der Waals surface area contributed by atoms with Crippen molar-refractivity contribution in [1.29, 1.82) is 0 Å². The topological polar surface area (TPSA) is 43.6 Å². The Balaban J connectivity index is 1.08. The van der Waals surface area contributed by atoms with E-state index >= 15 is 0 Å². The van der Waals surface area contributed by atoms with Gasteiger partial charge < -0.3 is 4.57 Å². The van der Waals surface area contributed by atoms with E-state index in [9.17, 15) is 0 Å². The van der Waals surface area contributed by atoms with Crippen molar-refractivity contribution in [3.63, 3.8) is 0 Å². The van der Waals surface area contributed by atoms with Crippen LogP contribution in [0.4, 0.5) is 0 Å². The largest absolute Gasteiger partial charge is 0.309 e. The molecule has 0 aliphatic carbocycles. The van der Waals surface area contributed by atoms with Crippen molar-refractivity contribution >= 4 is 21.8 Å². The van der Waals surface area contributed by atoms with Crippen molar-refractivity contribution in [2.75, 3.05) is 0 Å². The van der Waals surface area contributed by atoms with Gasteiger partial charge in [-0.15, -0.1) is 0 Å². The molecule has 0 bridgehead atoms. The molecule has 0 radical (unpaired) electrons. The summed E-state index contributed by atoms with van der Waals surface area (Å²) >= 11 is 0. The third kappa shape index (κ3) is 6.16. The minimum absolute atomic E-state index is 0.0545. The summed E-state index contributed by atoms with van der Waals surface area (Å²) in [7, 11) is 0. The summed E-state index contributed by atoms with van der Waals surface area (Å²) in [5.74, 6) is 1.77. The Kier molecular flexibility index (Phi) is 7.08. The molecule has 0 spiro atoms. The molecule has 0 fully saturated rings. The number of nitrogens with zero attached hydrogens (tertiary/aromatic N) is 4. The average molecular weight is 707 g/mol. The maximum atomic E-state index is 9.08. The molecule has 0 saturated heterocycles. The highest BCUT2D eigenvalue weighted by Gasteiger charge is 2.15. The minimum atomic E-state index is -0.264. The van der Waals surface area contributed by atoms with E-state index in [1.54, 1.807) is 0 Å². The molecule has 55 heavy (non-hydrogen) atoms. The standard InChI is InChI=1S/C51H34N4/c1-4-14-35(15-5-1)39-20-12-22-41(32-39)42-28-31-46-45-24-10-11-25-47(45)55(48(46)34-42)44-29-26-36(27-30-44)40-21-13-23-43(33-40)51-53-49(37-16-6-2-7-17-37)52-50(54-51)38-18-8-3-9-19-38/h1-34H/i10D,11D,24D,25D. The van der Waals surface area contributed by atoms with E-state index in [1.165, 1.54) is 0 Å². The zero-order valence-electron chi connectivity index (χ0n) is 33.6. The quantitative estimate of drug-likeness (QED) is 0.166. The molecule has 0 unspecified atom stereocenters. The molecule has 0 amide bonds. The van der Waals surface area contributed by atoms with Gasteiger partial charge in [0.1, 0.15) is 0 Å². The van der Waals surface area contributed by atoms with Crippen LogP contribution in [0.2, 0.25) is 0 Å². The summed E-state index contributed by atoms with van der Waals surface area (Å²) < 4.78 is 37.2. The number of benzene rings is 8. The molecule has 4 nitrogen and oxygen atoms in total. The Labute approximate surface area is 325 Å². The zero-order chi connectivity index (χ0) is 40.0. The summed E-state index contributed by atoms with van der Waals surface area (Å²) in [6, 6.07) is 60.2. The third-order valence-electron chi connectivity index (χ3n) is 9.98. The second-order valence-corrected chi connectivity index (χ2v) is 13.4. The fourth-order valence-corrected chi connectivity index (χ4v) is 7.25. The second-order valence-electron chi connectivity index (χ2n) is 13.4. The molecule has 0 atom stereocenters. The number of para-hydroxylation sites is 1. The van der Waals surface area contributed by atoms with Crippen LogP contribution >= 0.6 is 0 Å². The van der Waals surface area contributed by atoms with Crippen molar-refractivity contribution in [1.82, 2.24) is 19.5 Å². The maximum absolute atomic E-state index is 9.08. The van der Waals surface area contributed by atoms with E-state index in [4.69, 9.17) is 20.4 Å². The Morgan fingerprint density at radius 2 is 0.764 bits per heavy atom.